The molecule has 1 saturated carbocycles. The van der Waals surface area contributed by atoms with Crippen LogP contribution < -0.4 is 5.48 Å². The summed E-state index contributed by atoms with van der Waals surface area (Å²) >= 11 is 0. The number of hydrogen-bond donors (Lipinski definition) is 2. The number of nitrogens with zero attached hydrogens (tertiary/aromatic N) is 3. The third-order valence-electron chi connectivity index (χ3n) is 7.36. The summed E-state index contributed by atoms with van der Waals surface area (Å²) in [4.78, 5) is 39.5. The van der Waals surface area contributed by atoms with Crippen LogP contribution in [0, 0.1) is 29.6 Å². The lowest BCUT2D eigenvalue weighted by Gasteiger charge is -2.48. The van der Waals surface area contributed by atoms with Crippen molar-refractivity contribution < 1.29 is 32.7 Å². The molecular formula is C25H30N4O7S. The predicted molar refractivity (Wildman–Crippen MR) is 132 cm³/mol. The minimum atomic E-state index is -3.84. The van der Waals surface area contributed by atoms with E-state index >= 15 is 0 Å². The normalized spacial score (nSPS) is 22.8. The van der Waals surface area contributed by atoms with Crippen LogP contribution >= 0.6 is 0 Å². The van der Waals surface area contributed by atoms with Gasteiger partial charge in [0.25, 0.3) is 5.91 Å². The van der Waals surface area contributed by atoms with Gasteiger partial charge in [0, 0.05) is 75.1 Å². The highest BCUT2D eigenvalue weighted by molar-refractivity contribution is 7.92. The highest BCUT2D eigenvalue weighted by Crippen LogP contribution is 2.33. The van der Waals surface area contributed by atoms with Gasteiger partial charge in [0.1, 0.15) is 6.10 Å². The average Bonchev–Trinajstić information content (AvgIpc) is 3.30. The maximum absolute atomic E-state index is 12.8. The summed E-state index contributed by atoms with van der Waals surface area (Å²) in [6.07, 6.45) is 4.17. The van der Waals surface area contributed by atoms with E-state index in [1.165, 1.54) is 28.8 Å². The number of rotatable bonds is 7. The number of carbonyl (C=O) groups excluding carboxylic acids is 3. The second kappa shape index (κ2) is 10.2. The van der Waals surface area contributed by atoms with Crippen molar-refractivity contribution >= 4 is 27.7 Å². The molecule has 1 aromatic heterocycles. The Morgan fingerprint density at radius 1 is 1.27 bits per heavy atom. The quantitative estimate of drug-likeness (QED) is 0.223. The zero-order chi connectivity index (χ0) is 27.0. The number of carbonyl (C=O) groups is 3. The van der Waals surface area contributed by atoms with Gasteiger partial charge in [-0.1, -0.05) is 11.8 Å². The van der Waals surface area contributed by atoms with Crippen LogP contribution in [0.15, 0.2) is 12.3 Å². The lowest BCUT2D eigenvalue weighted by molar-refractivity contribution is -0.155. The highest BCUT2D eigenvalue weighted by Gasteiger charge is 2.44. The van der Waals surface area contributed by atoms with Crippen molar-refractivity contribution in [3.05, 3.63) is 23.5 Å². The van der Waals surface area contributed by atoms with Crippen molar-refractivity contribution in [3.63, 3.8) is 0 Å². The van der Waals surface area contributed by atoms with Crippen molar-refractivity contribution in [2.75, 3.05) is 25.9 Å². The van der Waals surface area contributed by atoms with Crippen molar-refractivity contribution in [2.45, 2.75) is 56.5 Å². The molecule has 1 atom stereocenters. The predicted octanol–water partition coefficient (Wildman–Crippen LogP) is 0.351. The van der Waals surface area contributed by atoms with E-state index in [-0.39, 0.29) is 43.5 Å². The van der Waals surface area contributed by atoms with Crippen molar-refractivity contribution in [1.82, 2.24) is 19.8 Å². The van der Waals surface area contributed by atoms with Crippen LogP contribution in [0.4, 0.5) is 4.79 Å². The smallest absolute Gasteiger partial charge is 0.328 e. The first-order chi connectivity index (χ1) is 17.4. The molecule has 3 aliphatic rings. The maximum Gasteiger partial charge on any atom is 0.328 e. The molecular weight excluding hydrogens is 500 g/mol. The second-order valence-electron chi connectivity index (χ2n) is 10.0. The largest absolute Gasteiger partial charge is 0.462 e. The van der Waals surface area contributed by atoms with E-state index in [0.29, 0.717) is 17.3 Å². The van der Waals surface area contributed by atoms with E-state index in [9.17, 15) is 22.8 Å². The number of hydroxylamine groups is 1. The molecule has 2 aliphatic heterocycles. The molecule has 0 bridgehead atoms. The Morgan fingerprint density at radius 3 is 2.57 bits per heavy atom. The highest BCUT2D eigenvalue weighted by atomic mass is 32.2. The fraction of sp³-hybridized carbons (Fsp3) is 0.560. The molecule has 12 heteroatoms. The number of aromatic nitrogens is 1. The first-order valence-corrected chi connectivity index (χ1v) is 13.9. The molecule has 0 radical (unpaired) electrons. The van der Waals surface area contributed by atoms with Crippen molar-refractivity contribution in [1.29, 1.82) is 0 Å². The molecule has 11 nitrogen and oxygen atoms in total. The maximum atomic E-state index is 12.8. The van der Waals surface area contributed by atoms with Gasteiger partial charge < -0.3 is 9.64 Å². The molecule has 1 aromatic rings. The number of nitrogens with one attached hydrogen (secondary N) is 1. The number of fused-ring (bicyclic) bond motifs is 1. The fourth-order valence-corrected chi connectivity index (χ4v) is 5.56. The molecule has 198 valence electrons. The van der Waals surface area contributed by atoms with Gasteiger partial charge in [-0.15, -0.1) is 0 Å². The number of hydrogen-bond acceptors (Lipinski definition) is 8. The third kappa shape index (κ3) is 5.52. The first kappa shape index (κ1) is 26.7. The number of likely N-dealkylation sites (tertiary alicyclic amines) is 1. The van der Waals surface area contributed by atoms with E-state index < -0.39 is 20.5 Å². The Labute approximate surface area is 216 Å². The van der Waals surface area contributed by atoms with Crippen LogP contribution in [0.5, 0.6) is 0 Å². The summed E-state index contributed by atoms with van der Waals surface area (Å²) in [5, 5.41) is 8.95. The number of ether oxygens (including phenoxy) is 1. The molecule has 2 amide bonds. The zero-order valence-corrected chi connectivity index (χ0v) is 21.8. The summed E-state index contributed by atoms with van der Waals surface area (Å²) in [7, 11) is -3.84. The van der Waals surface area contributed by atoms with Crippen LogP contribution in [0.25, 0.3) is 0 Å². The molecule has 4 rings (SSSR count). The lowest BCUT2D eigenvalue weighted by Crippen LogP contribution is -2.57. The third-order valence-corrected chi connectivity index (χ3v) is 9.39. The van der Waals surface area contributed by atoms with Crippen molar-refractivity contribution in [2.24, 2.45) is 5.92 Å². The summed E-state index contributed by atoms with van der Waals surface area (Å²) in [5.74, 6) is 10.8. The van der Waals surface area contributed by atoms with Gasteiger partial charge in [0.15, 0.2) is 14.6 Å². The van der Waals surface area contributed by atoms with Crippen LogP contribution in [-0.2, 0) is 30.7 Å². The van der Waals surface area contributed by atoms with Gasteiger partial charge in [-0.2, -0.15) is 0 Å². The monoisotopic (exact) mass is 530 g/mol. The summed E-state index contributed by atoms with van der Waals surface area (Å²) in [6.45, 7) is 4.70. The van der Waals surface area contributed by atoms with Crippen LogP contribution in [-0.4, -0.2) is 88.7 Å². The Bertz CT molecular complexity index is 1330. The van der Waals surface area contributed by atoms with Gasteiger partial charge in [0.2, 0.25) is 0 Å². The molecule has 0 aromatic carbocycles. The number of sulfone groups is 1. The first-order valence-electron chi connectivity index (χ1n) is 12.0. The summed E-state index contributed by atoms with van der Waals surface area (Å²) < 4.78 is 29.0. The Morgan fingerprint density at radius 2 is 1.97 bits per heavy atom. The van der Waals surface area contributed by atoms with Gasteiger partial charge in [-0.3, -0.25) is 24.3 Å². The SMILES string of the molecule is CC(=O)O[C@H]1C[C@@H](N2CC(C#CC#Cc3cc4n(c3)C(=O)N(CCC(C)(C(=O)NO)S(C)(=O)=O)C4)C2)C1. The van der Waals surface area contributed by atoms with Gasteiger partial charge in [-0.05, 0) is 31.3 Å². The molecule has 2 fully saturated rings. The van der Waals surface area contributed by atoms with Gasteiger partial charge >= 0.3 is 12.0 Å². The molecule has 2 N–H and O–H groups in total. The Balaban J connectivity index is 1.26. The van der Waals surface area contributed by atoms with Crippen LogP contribution in [0.1, 0.15) is 44.4 Å². The standard InChI is InChI=1S/C25H30N4O7S/c1-17(30)36-22-11-20(12-22)28-13-19(14-28)7-5-4-6-18-10-21-16-27(24(32)29(21)15-18)9-8-25(2,23(31)26-33)37(3,34)35/h10,15,19-20,22,33H,8-9,11-14,16H2,1-3H3,(H,26,31)/t20-,22+,25?. The fourth-order valence-electron chi connectivity index (χ4n) is 4.71. The average molecular weight is 531 g/mol. The Hall–Kier alpha value is -3.32. The topological polar surface area (TPSA) is 138 Å². The summed E-state index contributed by atoms with van der Waals surface area (Å²) in [6, 6.07) is 1.90. The molecule has 0 spiro atoms. The van der Waals surface area contributed by atoms with E-state index in [1.54, 1.807) is 12.3 Å². The van der Waals surface area contributed by atoms with Crippen LogP contribution in [0.3, 0.4) is 0 Å². The summed E-state index contributed by atoms with van der Waals surface area (Å²) in [5.41, 5.74) is 2.76. The van der Waals surface area contributed by atoms with Gasteiger partial charge in [0.05, 0.1) is 6.54 Å². The van der Waals surface area contributed by atoms with E-state index in [4.69, 9.17) is 9.94 Å². The molecule has 1 unspecified atom stereocenters. The van der Waals surface area contributed by atoms with Crippen molar-refractivity contribution in [3.8, 4) is 23.7 Å². The zero-order valence-electron chi connectivity index (χ0n) is 21.0. The number of amides is 2. The minimum absolute atomic E-state index is 0.0215. The second-order valence-corrected chi connectivity index (χ2v) is 12.5. The molecule has 3 heterocycles. The molecule has 1 saturated heterocycles. The van der Waals surface area contributed by atoms with E-state index in [0.717, 1.165) is 32.2 Å². The number of esters is 1. The lowest BCUT2D eigenvalue weighted by atomic mass is 9.84. The van der Waals surface area contributed by atoms with Gasteiger partial charge in [-0.25, -0.2) is 18.7 Å². The van der Waals surface area contributed by atoms with E-state index in [2.05, 4.69) is 28.6 Å². The van der Waals surface area contributed by atoms with Crippen LogP contribution in [0.2, 0.25) is 0 Å². The van der Waals surface area contributed by atoms with E-state index in [1.807, 2.05) is 0 Å². The minimum Gasteiger partial charge on any atom is -0.462 e. The Kier molecular flexibility index (Phi) is 7.38. The molecule has 37 heavy (non-hydrogen) atoms. The molecule has 1 aliphatic carbocycles.